The van der Waals surface area contributed by atoms with Crippen molar-refractivity contribution in [2.75, 3.05) is 18.0 Å². The molecule has 2 saturated carbocycles. The molecule has 2 aliphatic carbocycles. The van der Waals surface area contributed by atoms with Gasteiger partial charge in [-0.2, -0.15) is 110 Å². The van der Waals surface area contributed by atoms with Crippen LogP contribution in [0.5, 0.6) is 0 Å². The first-order chi connectivity index (χ1) is 41.9. The van der Waals surface area contributed by atoms with Crippen LogP contribution >= 0.6 is 66.4 Å². The van der Waals surface area contributed by atoms with Crippen LogP contribution in [0.15, 0.2) is 80.2 Å². The van der Waals surface area contributed by atoms with Gasteiger partial charge in [-0.3, -0.25) is 32.9 Å². The van der Waals surface area contributed by atoms with Gasteiger partial charge in [0.05, 0.1) is 23.0 Å². The Morgan fingerprint density at radius 3 is 1.50 bits per heavy atom. The molecule has 22 nitrogen and oxygen atoms in total. The lowest BCUT2D eigenvalue weighted by atomic mass is 10.1. The molecule has 0 radical (unpaired) electrons. The minimum atomic E-state index is -0.573. The molecule has 31 heteroatoms. The average molecular weight is 1370 g/mol. The third-order valence-electron chi connectivity index (χ3n) is 16.6. The van der Waals surface area contributed by atoms with Crippen LogP contribution in [0.25, 0.3) is 33.1 Å². The van der Waals surface area contributed by atoms with Gasteiger partial charge in [-0.15, -0.1) is 17.5 Å². The number of nitriles is 1. The van der Waals surface area contributed by atoms with Crippen molar-refractivity contribution in [3.63, 3.8) is 0 Å². The molecule has 0 unspecified atom stereocenters. The first kappa shape index (κ1) is 74.0. The van der Waals surface area contributed by atoms with Crippen LogP contribution in [-0.4, -0.2) is 85.2 Å². The van der Waals surface area contributed by atoms with Gasteiger partial charge in [0.1, 0.15) is 63.4 Å². The van der Waals surface area contributed by atoms with E-state index >= 15 is 0 Å². The maximum absolute atomic E-state index is 14.4. The van der Waals surface area contributed by atoms with Gasteiger partial charge in [0, 0.05) is 44.2 Å². The number of nitrogens with zero attached hydrogens (tertiary/aromatic N) is 15. The van der Waals surface area contributed by atoms with Gasteiger partial charge >= 0.3 is 0 Å². The summed E-state index contributed by atoms with van der Waals surface area (Å²) in [6.07, 6.45) is 15.4. The zero-order chi connectivity index (χ0) is 61.4. The molecule has 0 spiro atoms. The lowest BCUT2D eigenvalue weighted by molar-refractivity contribution is 0.436. The molecule has 14 rings (SSSR count). The van der Waals surface area contributed by atoms with E-state index in [0.717, 1.165) is 107 Å². The topological polar surface area (TPSA) is 249 Å². The zero-order valence-corrected chi connectivity index (χ0v) is 56.9. The predicted molar refractivity (Wildman–Crippen MR) is 368 cm³/mol. The van der Waals surface area contributed by atoms with Crippen LogP contribution in [0.2, 0.25) is 0 Å². The largest absolute Gasteiger partial charge is 0.346 e. The van der Waals surface area contributed by atoms with Crippen molar-refractivity contribution in [2.24, 2.45) is 17.8 Å². The monoisotopic (exact) mass is 1370 g/mol. The van der Waals surface area contributed by atoms with Gasteiger partial charge < -0.3 is 20.2 Å². The average Bonchev–Trinajstić information content (AvgIpc) is 1.57. The first-order valence-electron chi connectivity index (χ1n) is 30.2. The highest BCUT2D eigenvalue weighted by molar-refractivity contribution is 7.59. The number of H-pyrrole nitrogens is 2. The third kappa shape index (κ3) is 15.0. The summed E-state index contributed by atoms with van der Waals surface area (Å²) in [6, 6.07) is 13.0. The Bertz CT molecular complexity index is 4330. The third-order valence-corrected chi connectivity index (χ3v) is 16.6. The van der Waals surface area contributed by atoms with E-state index in [2.05, 4.69) is 79.4 Å². The van der Waals surface area contributed by atoms with Gasteiger partial charge in [0.15, 0.2) is 5.82 Å². The maximum Gasteiger partial charge on any atom is 0.278 e. The minimum Gasteiger partial charge on any atom is -0.346 e. The fourth-order valence-corrected chi connectivity index (χ4v) is 12.6. The maximum atomic E-state index is 14.4. The SMILES string of the molecule is CC(C)Cn1c(C2CCCC2)nn2c(F)ccc2c1=O.CC(C)Cn1c([C@@H]2CCCN2)nn2c(F)ccc2c1=O.CC(C)Cn1c([C@@H]2CCCN2c2ncnc3[nH]cc(C#N)c23)nn2c(F)ccc2c1=O.Cl.O=c1[nH]c(C2CCCC2)nn2c(F)ccc12.S.S.S.S. The molecule has 92 heavy (non-hydrogen) atoms. The normalized spacial score (nSPS) is 16.4. The number of rotatable bonds is 11. The first-order valence-corrected chi connectivity index (χ1v) is 30.2. The number of aromatic nitrogens is 15. The minimum absolute atomic E-state index is 0. The van der Waals surface area contributed by atoms with Gasteiger partial charge in [0.25, 0.3) is 22.2 Å². The van der Waals surface area contributed by atoms with E-state index in [-0.39, 0.29) is 129 Å². The van der Waals surface area contributed by atoms with Crippen molar-refractivity contribution in [1.82, 2.24) is 77.4 Å². The van der Waals surface area contributed by atoms with Crippen LogP contribution in [0, 0.1) is 52.9 Å². The molecule has 10 aromatic heterocycles. The van der Waals surface area contributed by atoms with Crippen molar-refractivity contribution in [3.05, 3.63) is 155 Å². The van der Waals surface area contributed by atoms with Gasteiger partial charge in [-0.25, -0.2) is 9.97 Å². The number of fused-ring (bicyclic) bond motifs is 5. The van der Waals surface area contributed by atoms with Gasteiger partial charge in [0.2, 0.25) is 23.8 Å². The van der Waals surface area contributed by atoms with Crippen molar-refractivity contribution in [3.8, 4) is 6.07 Å². The molecule has 2 saturated heterocycles. The summed E-state index contributed by atoms with van der Waals surface area (Å²) in [6.45, 7) is 15.6. The summed E-state index contributed by atoms with van der Waals surface area (Å²) < 4.78 is 64.7. The Morgan fingerprint density at radius 2 is 1.01 bits per heavy atom. The second kappa shape index (κ2) is 31.7. The van der Waals surface area contributed by atoms with Crippen molar-refractivity contribution >= 4 is 105 Å². The number of aromatic amines is 2. The highest BCUT2D eigenvalue weighted by atomic mass is 35.5. The molecule has 498 valence electrons. The Kier molecular flexibility index (Phi) is 25.5. The van der Waals surface area contributed by atoms with E-state index in [1.165, 1.54) is 54.9 Å². The smallest absolute Gasteiger partial charge is 0.278 e. The molecule has 12 heterocycles. The number of nitrogens with one attached hydrogen (secondary N) is 3. The van der Waals surface area contributed by atoms with E-state index in [4.69, 9.17) is 0 Å². The summed E-state index contributed by atoms with van der Waals surface area (Å²) in [4.78, 5) is 66.6. The molecule has 4 fully saturated rings. The summed E-state index contributed by atoms with van der Waals surface area (Å²) in [5, 5.41) is 31.0. The van der Waals surface area contributed by atoms with Crippen LogP contribution in [0.4, 0.5) is 23.4 Å². The number of halogens is 5. The Labute approximate surface area is 561 Å². The van der Waals surface area contributed by atoms with Crippen LogP contribution < -0.4 is 32.5 Å². The van der Waals surface area contributed by atoms with E-state index < -0.39 is 23.8 Å². The summed E-state index contributed by atoms with van der Waals surface area (Å²) in [7, 11) is 0. The van der Waals surface area contributed by atoms with Gasteiger partial charge in [-0.05, 0) is 124 Å². The van der Waals surface area contributed by atoms with E-state index in [9.17, 15) is 42.0 Å². The molecule has 0 aromatic carbocycles. The number of hydrogen-bond acceptors (Lipinski definition) is 13. The van der Waals surface area contributed by atoms with Crippen LogP contribution in [0.1, 0.15) is 171 Å². The molecular formula is C61H81ClF4N18O4S4. The highest BCUT2D eigenvalue weighted by Gasteiger charge is 2.35. The Morgan fingerprint density at radius 1 is 0.554 bits per heavy atom. The lowest BCUT2D eigenvalue weighted by Gasteiger charge is -2.28. The molecule has 0 amide bonds. The van der Waals surface area contributed by atoms with E-state index in [1.54, 1.807) is 19.9 Å². The number of hydrogen-bond donors (Lipinski definition) is 3. The Hall–Kier alpha value is -7.04. The summed E-state index contributed by atoms with van der Waals surface area (Å²) in [5.41, 5.74) is 1.31. The van der Waals surface area contributed by atoms with E-state index in [0.29, 0.717) is 88.9 Å². The molecule has 2 atom stereocenters. The van der Waals surface area contributed by atoms with E-state index in [1.807, 2.05) is 18.7 Å². The highest BCUT2D eigenvalue weighted by Crippen LogP contribution is 2.39. The fraction of sp³-hybridized carbons (Fsp3) is 0.492. The van der Waals surface area contributed by atoms with Crippen LogP contribution in [0.3, 0.4) is 0 Å². The molecule has 4 aliphatic rings. The molecule has 2 aliphatic heterocycles. The van der Waals surface area contributed by atoms with Crippen molar-refractivity contribution in [1.29, 1.82) is 5.26 Å². The lowest BCUT2D eigenvalue weighted by Crippen LogP contribution is -2.35. The second-order valence-corrected chi connectivity index (χ2v) is 24.4. The van der Waals surface area contributed by atoms with Crippen molar-refractivity contribution in [2.45, 2.75) is 162 Å². The summed E-state index contributed by atoms with van der Waals surface area (Å²) in [5.74, 6) is 2.57. The predicted octanol–water partition coefficient (Wildman–Crippen LogP) is 10.1. The standard InChI is InChI=1S/C21H21FN8O.C15H20FN3O.C14H19FN4O.C11H12FN3O.ClH.4H2S/c1-12(2)10-29-19(27-30-15(21(29)31)5-6-16(30)22)14-4-3-7-28(14)20-17-13(8-23)9-24-18(17)25-11-26-20;1-10(2)9-18-14(11-5-3-4-6-11)17-19-12(15(18)20)7-8-13(19)16;1-9(2)8-18-13(10-4-3-7-16-10)17-19-11(14(18)20)5-6-12(19)15;12-9-6-5-8-11(16)13-10(14-15(8)9)7-3-1-2-4-7;;;;;/h5-6,9,11-12,14H,3-4,7,10H2,1-2H3,(H,24,25,26);7-8,10-11H,3-6,9H2,1-2H3;5-6,9-10,16H,3-4,7-8H2,1-2H3;5-7H,1-4H2,(H,13,14,16);1H;4*1H2/t14-;;10-;;;;;;/m0.0....../s1. The second-order valence-electron chi connectivity index (χ2n) is 24.4. The van der Waals surface area contributed by atoms with Crippen molar-refractivity contribution < 1.29 is 17.6 Å². The quantitative estimate of drug-likeness (QED) is 0.102. The molecule has 3 N–H and O–H groups in total. The molecule has 0 bridgehead atoms. The fourth-order valence-electron chi connectivity index (χ4n) is 12.6. The van der Waals surface area contributed by atoms with Crippen LogP contribution in [-0.2, 0) is 19.6 Å². The summed E-state index contributed by atoms with van der Waals surface area (Å²) >= 11 is 0. The Balaban J connectivity index is 0.000000197. The number of anilines is 1. The van der Waals surface area contributed by atoms with Gasteiger partial charge in [-0.1, -0.05) is 67.2 Å². The molecular weight excluding hydrogens is 1290 g/mol. The molecule has 10 aromatic rings. The zero-order valence-electron chi connectivity index (χ0n) is 52.1.